The van der Waals surface area contributed by atoms with E-state index < -0.39 is 40.7 Å². The van der Waals surface area contributed by atoms with Crippen LogP contribution in [0.5, 0.6) is 5.75 Å². The number of aromatic hydroxyl groups is 1. The molecule has 0 radical (unpaired) electrons. The molecule has 8 nitrogen and oxygen atoms in total. The number of halogens is 1. The normalized spacial score (nSPS) is 20.9. The van der Waals surface area contributed by atoms with Gasteiger partial charge in [0.15, 0.2) is 23.1 Å². The Morgan fingerprint density at radius 2 is 1.72 bits per heavy atom. The van der Waals surface area contributed by atoms with Gasteiger partial charge >= 0.3 is 11.4 Å². The zero-order valence-electron chi connectivity index (χ0n) is 19.1. The van der Waals surface area contributed by atoms with Crippen molar-refractivity contribution in [2.75, 3.05) is 0 Å². The lowest BCUT2D eigenvalue weighted by Gasteiger charge is -2.39. The van der Waals surface area contributed by atoms with Gasteiger partial charge in [-0.15, -0.1) is 0 Å². The van der Waals surface area contributed by atoms with Crippen LogP contribution in [0.3, 0.4) is 0 Å². The summed E-state index contributed by atoms with van der Waals surface area (Å²) in [4.78, 5) is 53.2. The Kier molecular flexibility index (Phi) is 4.72. The predicted molar refractivity (Wildman–Crippen MR) is 128 cm³/mol. The van der Waals surface area contributed by atoms with Crippen LogP contribution in [0.1, 0.15) is 30.9 Å². The topological polar surface area (TPSA) is 103 Å². The largest absolute Gasteiger partial charge is 0.505 e. The van der Waals surface area contributed by atoms with Crippen molar-refractivity contribution in [1.82, 2.24) is 13.9 Å². The number of carbonyl (C=O) groups is 2. The van der Waals surface area contributed by atoms with Crippen molar-refractivity contribution >= 4 is 11.6 Å². The van der Waals surface area contributed by atoms with Crippen molar-refractivity contribution < 1.29 is 19.1 Å². The van der Waals surface area contributed by atoms with Gasteiger partial charge in [-0.1, -0.05) is 36.4 Å². The van der Waals surface area contributed by atoms with Crippen LogP contribution in [-0.2, 0) is 16.1 Å². The van der Waals surface area contributed by atoms with E-state index in [1.165, 1.54) is 27.6 Å². The van der Waals surface area contributed by atoms with E-state index in [1.807, 2.05) is 0 Å². The van der Waals surface area contributed by atoms with Crippen LogP contribution in [-0.4, -0.2) is 30.6 Å². The molecule has 1 aromatic heterocycles. The second-order valence-electron chi connectivity index (χ2n) is 9.11. The van der Waals surface area contributed by atoms with E-state index in [0.717, 1.165) is 10.6 Å². The van der Waals surface area contributed by atoms with Crippen molar-refractivity contribution in [3.05, 3.63) is 115 Å². The lowest BCUT2D eigenvalue weighted by Crippen LogP contribution is -2.40. The Labute approximate surface area is 203 Å². The molecule has 1 aliphatic heterocycles. The number of ketones is 2. The van der Waals surface area contributed by atoms with Crippen LogP contribution in [0.15, 0.2) is 92.6 Å². The fraction of sp³-hybridized carbons (Fsp3) is 0.185. The average molecular weight is 485 g/mol. The second kappa shape index (κ2) is 7.74. The van der Waals surface area contributed by atoms with E-state index in [9.17, 15) is 28.7 Å². The number of phenolic OH excluding ortho intramolecular Hbond substituents is 1. The van der Waals surface area contributed by atoms with Crippen molar-refractivity contribution in [1.29, 1.82) is 0 Å². The highest BCUT2D eigenvalue weighted by molar-refractivity contribution is 6.23. The molecular weight excluding hydrogens is 465 g/mol. The smallest absolute Gasteiger partial charge is 0.352 e. The molecular formula is C27H20FN3O5. The van der Waals surface area contributed by atoms with E-state index in [-0.39, 0.29) is 41.0 Å². The van der Waals surface area contributed by atoms with Gasteiger partial charge in [-0.05, 0) is 36.8 Å². The molecule has 6 rings (SSSR count). The number of allylic oxidation sites excluding steroid dienone is 6. The summed E-state index contributed by atoms with van der Waals surface area (Å²) in [5.41, 5.74) is 0.590. The Morgan fingerprint density at radius 1 is 0.972 bits per heavy atom. The highest BCUT2D eigenvalue weighted by Gasteiger charge is 2.45. The molecule has 0 saturated carbocycles. The SMILES string of the molecule is CC1=CC(=O)C2=C(C[C@@H]3C(=CCn4c(=O)n(-c5ccccc5)c(=O)n43)[C@@H]2c2cccc(F)c2O)C1=O. The minimum absolute atomic E-state index is 0.0155. The Hall–Kier alpha value is -4.53. The summed E-state index contributed by atoms with van der Waals surface area (Å²) in [6, 6.07) is 11.7. The number of fused-ring (bicyclic) bond motifs is 3. The Morgan fingerprint density at radius 3 is 2.47 bits per heavy atom. The fourth-order valence-corrected chi connectivity index (χ4v) is 5.57. The van der Waals surface area contributed by atoms with Crippen LogP contribution < -0.4 is 11.4 Å². The number of Topliss-reactive ketones (excluding diaryl/α,β-unsaturated/α-hetero) is 1. The van der Waals surface area contributed by atoms with E-state index in [0.29, 0.717) is 11.3 Å². The third-order valence-corrected chi connectivity index (χ3v) is 7.17. The maximum atomic E-state index is 14.4. The quantitative estimate of drug-likeness (QED) is 0.444. The first-order valence-electron chi connectivity index (χ1n) is 11.5. The third-order valence-electron chi connectivity index (χ3n) is 7.17. The molecule has 2 heterocycles. The van der Waals surface area contributed by atoms with Crippen LogP contribution in [0.25, 0.3) is 5.69 Å². The number of hydrogen-bond acceptors (Lipinski definition) is 5. The van der Waals surface area contributed by atoms with Gasteiger partial charge in [0, 0.05) is 34.6 Å². The number of para-hydroxylation sites is 2. The number of aromatic nitrogens is 3. The van der Waals surface area contributed by atoms with Crippen LogP contribution in [0, 0.1) is 5.82 Å². The molecule has 1 N–H and O–H groups in total. The van der Waals surface area contributed by atoms with Gasteiger partial charge in [0.25, 0.3) is 0 Å². The van der Waals surface area contributed by atoms with Gasteiger partial charge in [-0.2, -0.15) is 0 Å². The summed E-state index contributed by atoms with van der Waals surface area (Å²) in [5.74, 6) is -3.18. The fourth-order valence-electron chi connectivity index (χ4n) is 5.57. The monoisotopic (exact) mass is 485 g/mol. The first-order valence-corrected chi connectivity index (χ1v) is 11.5. The second-order valence-corrected chi connectivity index (χ2v) is 9.11. The van der Waals surface area contributed by atoms with Crippen molar-refractivity contribution in [3.63, 3.8) is 0 Å². The lowest BCUT2D eigenvalue weighted by molar-refractivity contribution is -0.116. The molecule has 9 heteroatoms. The molecule has 0 unspecified atom stereocenters. The van der Waals surface area contributed by atoms with Gasteiger partial charge in [-0.3, -0.25) is 9.59 Å². The minimum Gasteiger partial charge on any atom is -0.505 e. The van der Waals surface area contributed by atoms with Gasteiger partial charge in [0.05, 0.1) is 18.3 Å². The highest BCUT2D eigenvalue weighted by Crippen LogP contribution is 2.51. The van der Waals surface area contributed by atoms with Crippen LogP contribution in [0.4, 0.5) is 4.39 Å². The van der Waals surface area contributed by atoms with Gasteiger partial charge in [-0.25, -0.2) is 27.9 Å². The number of nitrogens with zero attached hydrogens (tertiary/aromatic N) is 3. The van der Waals surface area contributed by atoms with Gasteiger partial charge in [0.1, 0.15) is 0 Å². The molecule has 3 aromatic rings. The summed E-state index contributed by atoms with van der Waals surface area (Å²) in [6.07, 6.45) is 2.99. The summed E-state index contributed by atoms with van der Waals surface area (Å²) in [6.45, 7) is 1.57. The molecule has 0 amide bonds. The number of benzene rings is 2. The maximum Gasteiger partial charge on any atom is 0.352 e. The summed E-state index contributed by atoms with van der Waals surface area (Å²) >= 11 is 0. The van der Waals surface area contributed by atoms with E-state index >= 15 is 0 Å². The Bertz CT molecular complexity index is 1700. The van der Waals surface area contributed by atoms with E-state index in [2.05, 4.69) is 0 Å². The molecule has 0 bridgehead atoms. The average Bonchev–Trinajstić information content (AvgIpc) is 3.13. The first-order chi connectivity index (χ1) is 17.3. The Balaban J connectivity index is 1.62. The third kappa shape index (κ3) is 2.92. The molecule has 3 aliphatic rings. The highest BCUT2D eigenvalue weighted by atomic mass is 19.1. The molecule has 0 spiro atoms. The standard InChI is InChI=1S/C27H20FN3O5/c1-14-12-21(32)23-18(24(14)33)13-20-16(22(23)17-8-5-9-19(28)25(17)34)10-11-29-26(35)30(27(36)31(20)29)15-6-3-2-4-7-15/h2-10,12,20,22,34H,11,13H2,1H3/t20-,22-/m1/s1. The molecule has 36 heavy (non-hydrogen) atoms. The minimum atomic E-state index is -0.953. The zero-order valence-corrected chi connectivity index (χ0v) is 19.1. The lowest BCUT2D eigenvalue weighted by atomic mass is 9.68. The molecule has 0 saturated heterocycles. The summed E-state index contributed by atoms with van der Waals surface area (Å²) < 4.78 is 18.1. The molecule has 2 atom stereocenters. The van der Waals surface area contributed by atoms with Crippen molar-refractivity contribution in [3.8, 4) is 11.4 Å². The van der Waals surface area contributed by atoms with Gasteiger partial charge < -0.3 is 5.11 Å². The van der Waals surface area contributed by atoms with Crippen molar-refractivity contribution in [2.45, 2.75) is 31.8 Å². The van der Waals surface area contributed by atoms with E-state index in [4.69, 9.17) is 0 Å². The van der Waals surface area contributed by atoms with Crippen LogP contribution in [0.2, 0.25) is 0 Å². The number of carbonyl (C=O) groups excluding carboxylic acids is 2. The number of rotatable bonds is 2. The molecule has 2 aromatic carbocycles. The van der Waals surface area contributed by atoms with Gasteiger partial charge in [0.2, 0.25) is 0 Å². The van der Waals surface area contributed by atoms with Crippen LogP contribution >= 0.6 is 0 Å². The first kappa shape index (κ1) is 22.0. The molecule has 0 fully saturated rings. The maximum absolute atomic E-state index is 14.4. The summed E-state index contributed by atoms with van der Waals surface area (Å²) in [7, 11) is 0. The molecule has 180 valence electrons. The predicted octanol–water partition coefficient (Wildman–Crippen LogP) is 2.71. The van der Waals surface area contributed by atoms with E-state index in [1.54, 1.807) is 43.3 Å². The summed E-state index contributed by atoms with van der Waals surface area (Å²) in [5, 5.41) is 10.6. The molecule has 2 aliphatic carbocycles. The number of phenols is 1. The number of hydrogen-bond donors (Lipinski definition) is 1. The van der Waals surface area contributed by atoms with Crippen molar-refractivity contribution in [2.24, 2.45) is 0 Å². The zero-order chi connectivity index (χ0) is 25.3.